The van der Waals surface area contributed by atoms with Crippen LogP contribution in [-0.2, 0) is 9.53 Å². The lowest BCUT2D eigenvalue weighted by molar-refractivity contribution is -0.126. The fraction of sp³-hybridized carbons (Fsp3) is 0.619. The van der Waals surface area contributed by atoms with Gasteiger partial charge in [0.25, 0.3) is 11.8 Å². The third-order valence-electron chi connectivity index (χ3n) is 5.22. The van der Waals surface area contributed by atoms with Crippen LogP contribution in [0.2, 0.25) is 0 Å². The van der Waals surface area contributed by atoms with Gasteiger partial charge < -0.3 is 15.0 Å². The number of carbonyl (C=O) groups is 2. The van der Waals surface area contributed by atoms with Gasteiger partial charge in [-0.05, 0) is 56.1 Å². The number of likely N-dealkylation sites (tertiary alicyclic amines) is 1. The van der Waals surface area contributed by atoms with E-state index in [1.165, 1.54) is 12.8 Å². The van der Waals surface area contributed by atoms with Gasteiger partial charge >= 0.3 is 0 Å². The molecule has 3 atom stereocenters. The van der Waals surface area contributed by atoms with E-state index in [0.29, 0.717) is 35.6 Å². The zero-order valence-electron chi connectivity index (χ0n) is 16.0. The molecule has 2 aliphatic rings. The van der Waals surface area contributed by atoms with Crippen molar-refractivity contribution in [2.24, 2.45) is 17.8 Å². The summed E-state index contributed by atoms with van der Waals surface area (Å²) in [6.45, 7) is 8.30. The molecule has 0 aromatic heterocycles. The van der Waals surface area contributed by atoms with Crippen molar-refractivity contribution in [3.05, 3.63) is 29.8 Å². The van der Waals surface area contributed by atoms with Crippen molar-refractivity contribution < 1.29 is 14.3 Å². The molecule has 1 aromatic carbocycles. The quantitative estimate of drug-likeness (QED) is 0.846. The Labute approximate surface area is 156 Å². The third-order valence-corrected chi connectivity index (χ3v) is 5.22. The smallest absolute Gasteiger partial charge is 0.255 e. The summed E-state index contributed by atoms with van der Waals surface area (Å²) in [5.41, 5.74) is 1.12. The summed E-state index contributed by atoms with van der Waals surface area (Å²) in [5, 5.41) is 2.89. The number of nitrogens with zero attached hydrogens (tertiary/aromatic N) is 1. The molecule has 5 heteroatoms. The number of rotatable bonds is 6. The number of benzene rings is 1. The van der Waals surface area contributed by atoms with Crippen LogP contribution in [0, 0.1) is 17.8 Å². The first-order chi connectivity index (χ1) is 12.4. The van der Waals surface area contributed by atoms with E-state index < -0.39 is 6.10 Å². The van der Waals surface area contributed by atoms with Gasteiger partial charge in [-0.15, -0.1) is 0 Å². The Morgan fingerprint density at radius 2 is 1.85 bits per heavy atom. The average Bonchev–Trinajstić information content (AvgIpc) is 3.43. The van der Waals surface area contributed by atoms with E-state index in [2.05, 4.69) is 19.2 Å². The molecular weight excluding hydrogens is 328 g/mol. The number of para-hydroxylation sites is 1. The van der Waals surface area contributed by atoms with Crippen LogP contribution in [-0.4, -0.2) is 42.5 Å². The minimum absolute atomic E-state index is 0.00847. The Bertz CT molecular complexity index is 646. The minimum Gasteiger partial charge on any atom is -0.368 e. The first-order valence-electron chi connectivity index (χ1n) is 9.74. The Hall–Kier alpha value is -1.88. The van der Waals surface area contributed by atoms with E-state index in [9.17, 15) is 9.59 Å². The van der Waals surface area contributed by atoms with Gasteiger partial charge in [-0.3, -0.25) is 9.59 Å². The molecule has 2 amide bonds. The summed E-state index contributed by atoms with van der Waals surface area (Å²) in [5.74, 6) is 1.40. The molecule has 1 saturated heterocycles. The van der Waals surface area contributed by atoms with Crippen LogP contribution in [0.1, 0.15) is 50.4 Å². The van der Waals surface area contributed by atoms with Crippen LogP contribution >= 0.6 is 0 Å². The standard InChI is InChI=1S/C21H30N2O3/c1-14-10-15(2)12-23(11-14)21(25)18-6-4-5-7-19(18)22-20(24)16(3)26-13-17-8-9-17/h4-7,14-17H,8-13H2,1-3H3,(H,22,24). The largest absolute Gasteiger partial charge is 0.368 e. The van der Waals surface area contributed by atoms with Crippen molar-refractivity contribution >= 4 is 17.5 Å². The molecule has 1 aliphatic carbocycles. The van der Waals surface area contributed by atoms with Crippen molar-refractivity contribution in [2.75, 3.05) is 25.0 Å². The molecule has 1 saturated carbocycles. The van der Waals surface area contributed by atoms with Crippen LogP contribution in [0.25, 0.3) is 0 Å². The fourth-order valence-electron chi connectivity index (χ4n) is 3.65. The normalized spacial score (nSPS) is 24.2. The van der Waals surface area contributed by atoms with Crippen LogP contribution in [0.15, 0.2) is 24.3 Å². The minimum atomic E-state index is -0.520. The van der Waals surface area contributed by atoms with Gasteiger partial charge in [-0.2, -0.15) is 0 Å². The molecule has 5 nitrogen and oxygen atoms in total. The number of hydrogen-bond acceptors (Lipinski definition) is 3. The Morgan fingerprint density at radius 3 is 2.50 bits per heavy atom. The highest BCUT2D eigenvalue weighted by Crippen LogP contribution is 2.29. The third kappa shape index (κ3) is 4.85. The van der Waals surface area contributed by atoms with Gasteiger partial charge in [0, 0.05) is 13.1 Å². The van der Waals surface area contributed by atoms with Crippen molar-refractivity contribution in [3.8, 4) is 0 Å². The van der Waals surface area contributed by atoms with Gasteiger partial charge in [0.15, 0.2) is 0 Å². The van der Waals surface area contributed by atoms with Gasteiger partial charge in [-0.25, -0.2) is 0 Å². The fourth-order valence-corrected chi connectivity index (χ4v) is 3.65. The predicted molar refractivity (Wildman–Crippen MR) is 102 cm³/mol. The molecule has 3 unspecified atom stereocenters. The molecule has 26 heavy (non-hydrogen) atoms. The predicted octanol–water partition coefficient (Wildman–Crippen LogP) is 3.56. The summed E-state index contributed by atoms with van der Waals surface area (Å²) < 4.78 is 5.64. The molecule has 0 spiro atoms. The SMILES string of the molecule is CC1CC(C)CN(C(=O)c2ccccc2NC(=O)C(C)OCC2CC2)C1. The summed E-state index contributed by atoms with van der Waals surface area (Å²) >= 11 is 0. The maximum atomic E-state index is 13.0. The second-order valence-corrected chi connectivity index (χ2v) is 8.11. The monoisotopic (exact) mass is 358 g/mol. The molecule has 0 bridgehead atoms. The van der Waals surface area contributed by atoms with E-state index in [-0.39, 0.29) is 11.8 Å². The number of hydrogen-bond donors (Lipinski definition) is 1. The lowest BCUT2D eigenvalue weighted by atomic mass is 9.91. The second kappa shape index (κ2) is 8.21. The highest BCUT2D eigenvalue weighted by atomic mass is 16.5. The van der Waals surface area contributed by atoms with Gasteiger partial charge in [0.1, 0.15) is 6.10 Å². The molecule has 1 heterocycles. The zero-order chi connectivity index (χ0) is 18.7. The molecule has 2 fully saturated rings. The number of piperidine rings is 1. The molecule has 142 valence electrons. The zero-order valence-corrected chi connectivity index (χ0v) is 16.0. The average molecular weight is 358 g/mol. The van der Waals surface area contributed by atoms with Gasteiger partial charge in [0.05, 0.1) is 17.9 Å². The summed E-state index contributed by atoms with van der Waals surface area (Å²) in [6, 6.07) is 7.25. The van der Waals surface area contributed by atoms with Crippen LogP contribution < -0.4 is 5.32 Å². The van der Waals surface area contributed by atoms with Crippen LogP contribution in [0.4, 0.5) is 5.69 Å². The molecule has 0 radical (unpaired) electrons. The lowest BCUT2D eigenvalue weighted by Gasteiger charge is -2.35. The highest BCUT2D eigenvalue weighted by Gasteiger charge is 2.28. The molecule has 1 aromatic rings. The molecule has 1 N–H and O–H groups in total. The van der Waals surface area contributed by atoms with Crippen LogP contribution in [0.5, 0.6) is 0 Å². The Morgan fingerprint density at radius 1 is 1.19 bits per heavy atom. The maximum absolute atomic E-state index is 13.0. The van der Waals surface area contributed by atoms with E-state index >= 15 is 0 Å². The topological polar surface area (TPSA) is 58.6 Å². The molecular formula is C21H30N2O3. The first-order valence-corrected chi connectivity index (χ1v) is 9.74. The Kier molecular flexibility index (Phi) is 5.97. The van der Waals surface area contributed by atoms with Crippen molar-refractivity contribution in [2.45, 2.75) is 46.1 Å². The number of amides is 2. The van der Waals surface area contributed by atoms with E-state index in [1.807, 2.05) is 17.0 Å². The summed E-state index contributed by atoms with van der Waals surface area (Å²) in [7, 11) is 0. The Balaban J connectivity index is 1.66. The number of carbonyl (C=O) groups excluding carboxylic acids is 2. The first kappa shape index (κ1) is 18.9. The van der Waals surface area contributed by atoms with Gasteiger partial charge in [-0.1, -0.05) is 26.0 Å². The highest BCUT2D eigenvalue weighted by molar-refractivity contribution is 6.04. The van der Waals surface area contributed by atoms with Crippen molar-refractivity contribution in [1.29, 1.82) is 0 Å². The number of nitrogens with one attached hydrogen (secondary N) is 1. The van der Waals surface area contributed by atoms with E-state index in [0.717, 1.165) is 19.5 Å². The van der Waals surface area contributed by atoms with Crippen molar-refractivity contribution in [3.63, 3.8) is 0 Å². The summed E-state index contributed by atoms with van der Waals surface area (Å²) in [6.07, 6.45) is 3.02. The maximum Gasteiger partial charge on any atom is 0.255 e. The number of anilines is 1. The number of ether oxygens (including phenoxy) is 1. The van der Waals surface area contributed by atoms with E-state index in [4.69, 9.17) is 4.74 Å². The lowest BCUT2D eigenvalue weighted by Crippen LogP contribution is -2.43. The van der Waals surface area contributed by atoms with E-state index in [1.54, 1.807) is 19.1 Å². The second-order valence-electron chi connectivity index (χ2n) is 8.11. The molecule has 3 rings (SSSR count). The van der Waals surface area contributed by atoms with Crippen molar-refractivity contribution in [1.82, 2.24) is 4.90 Å². The van der Waals surface area contributed by atoms with Gasteiger partial charge in [0.2, 0.25) is 0 Å². The molecule has 1 aliphatic heterocycles. The summed E-state index contributed by atoms with van der Waals surface area (Å²) in [4.78, 5) is 27.4. The van der Waals surface area contributed by atoms with Crippen LogP contribution in [0.3, 0.4) is 0 Å².